The van der Waals surface area contributed by atoms with Gasteiger partial charge >= 0.3 is 0 Å². The third kappa shape index (κ3) is 9.06. The van der Waals surface area contributed by atoms with Crippen molar-refractivity contribution in [3.05, 3.63) is 0 Å². The molecule has 0 aromatic rings. The van der Waals surface area contributed by atoms with E-state index in [4.69, 9.17) is 9.47 Å². The number of carbonyl (C=O) groups is 1. The molecule has 0 heterocycles. The second kappa shape index (κ2) is 9.24. The third-order valence-electron chi connectivity index (χ3n) is 1.40. The van der Waals surface area contributed by atoms with Crippen molar-refractivity contribution in [1.82, 2.24) is 0 Å². The van der Waals surface area contributed by atoms with Gasteiger partial charge in [-0.15, -0.1) is 11.8 Å². The maximum Gasteiger partial charge on any atom is 0.159 e. The maximum absolute atomic E-state index is 11.0. The zero-order valence-corrected chi connectivity index (χ0v) is 8.26. The summed E-state index contributed by atoms with van der Waals surface area (Å²) in [6.45, 7) is 2.94. The molecule has 74 valence electrons. The van der Waals surface area contributed by atoms with E-state index in [1.807, 2.05) is 0 Å². The molecule has 0 spiro atoms. The van der Waals surface area contributed by atoms with Crippen LogP contribution in [-0.2, 0) is 14.3 Å². The lowest BCUT2D eigenvalue weighted by Crippen LogP contribution is -2.11. The SMILES string of the molecule is CC#CCCC(=O)COCCOC. The first-order valence-corrected chi connectivity index (χ1v) is 4.29. The van der Waals surface area contributed by atoms with E-state index in [1.54, 1.807) is 14.0 Å². The summed E-state index contributed by atoms with van der Waals surface area (Å²) >= 11 is 0. The highest BCUT2D eigenvalue weighted by molar-refractivity contribution is 5.79. The first-order chi connectivity index (χ1) is 6.31. The lowest BCUT2D eigenvalue weighted by molar-refractivity contribution is -0.123. The fourth-order valence-electron chi connectivity index (χ4n) is 0.727. The van der Waals surface area contributed by atoms with Gasteiger partial charge in [-0.3, -0.25) is 4.79 Å². The minimum absolute atomic E-state index is 0.0962. The summed E-state index contributed by atoms with van der Waals surface area (Å²) in [5.41, 5.74) is 0. The lowest BCUT2D eigenvalue weighted by Gasteiger charge is -2.00. The van der Waals surface area contributed by atoms with E-state index in [9.17, 15) is 4.79 Å². The molecule has 0 N–H and O–H groups in total. The van der Waals surface area contributed by atoms with E-state index in [1.165, 1.54) is 0 Å². The third-order valence-corrected chi connectivity index (χ3v) is 1.40. The van der Waals surface area contributed by atoms with E-state index < -0.39 is 0 Å². The van der Waals surface area contributed by atoms with Crippen molar-refractivity contribution in [1.29, 1.82) is 0 Å². The summed E-state index contributed by atoms with van der Waals surface area (Å²) in [5, 5.41) is 0. The summed E-state index contributed by atoms with van der Waals surface area (Å²) in [7, 11) is 1.60. The number of hydrogen-bond acceptors (Lipinski definition) is 3. The average Bonchev–Trinajstić information content (AvgIpc) is 2.13. The van der Waals surface area contributed by atoms with Gasteiger partial charge in [-0.1, -0.05) is 0 Å². The van der Waals surface area contributed by atoms with Crippen molar-refractivity contribution in [3.63, 3.8) is 0 Å². The number of Topliss-reactive ketones (excluding diaryl/α,β-unsaturated/α-hetero) is 1. The lowest BCUT2D eigenvalue weighted by atomic mass is 10.2. The molecule has 13 heavy (non-hydrogen) atoms. The molecule has 3 heteroatoms. The van der Waals surface area contributed by atoms with E-state index in [0.717, 1.165) is 0 Å². The van der Waals surface area contributed by atoms with Crippen molar-refractivity contribution in [2.24, 2.45) is 0 Å². The Morgan fingerprint density at radius 1 is 1.38 bits per heavy atom. The molecule has 0 aromatic heterocycles. The smallest absolute Gasteiger partial charge is 0.159 e. The quantitative estimate of drug-likeness (QED) is 0.438. The maximum atomic E-state index is 11.0. The summed E-state index contributed by atoms with van der Waals surface area (Å²) in [6.07, 6.45) is 1.11. The number of hydrogen-bond donors (Lipinski definition) is 0. The molecule has 0 saturated heterocycles. The van der Waals surface area contributed by atoms with Gasteiger partial charge in [0.05, 0.1) is 13.2 Å². The summed E-state index contributed by atoms with van der Waals surface area (Å²) in [4.78, 5) is 11.0. The van der Waals surface area contributed by atoms with Gasteiger partial charge in [0.15, 0.2) is 5.78 Å². The predicted octanol–water partition coefficient (Wildman–Crippen LogP) is 1.02. The van der Waals surface area contributed by atoms with Gasteiger partial charge in [-0.2, -0.15) is 0 Å². The molecule has 0 aromatic carbocycles. The molecule has 0 fully saturated rings. The fourth-order valence-corrected chi connectivity index (χ4v) is 0.727. The Hall–Kier alpha value is -0.850. The van der Waals surface area contributed by atoms with Crippen LogP contribution in [0.4, 0.5) is 0 Å². The van der Waals surface area contributed by atoms with E-state index in [-0.39, 0.29) is 12.4 Å². The van der Waals surface area contributed by atoms with Crippen molar-refractivity contribution >= 4 is 5.78 Å². The second-order valence-electron chi connectivity index (χ2n) is 2.51. The zero-order valence-electron chi connectivity index (χ0n) is 8.26. The minimum Gasteiger partial charge on any atom is -0.382 e. The first kappa shape index (κ1) is 12.2. The van der Waals surface area contributed by atoms with Crippen LogP contribution < -0.4 is 0 Å². The summed E-state index contributed by atoms with van der Waals surface area (Å²) in [6, 6.07) is 0. The Bertz CT molecular complexity index is 188. The molecule has 0 atom stereocenters. The topological polar surface area (TPSA) is 35.5 Å². The minimum atomic E-state index is 0.0962. The van der Waals surface area contributed by atoms with E-state index in [2.05, 4.69) is 11.8 Å². The molecule has 0 rings (SSSR count). The summed E-state index contributed by atoms with van der Waals surface area (Å²) in [5.74, 6) is 5.66. The molecule has 0 bridgehead atoms. The number of rotatable bonds is 7. The molecule has 0 unspecified atom stereocenters. The Morgan fingerprint density at radius 3 is 2.77 bits per heavy atom. The fraction of sp³-hybridized carbons (Fsp3) is 0.700. The molecule has 0 aliphatic heterocycles. The Balaban J connectivity index is 3.23. The molecule has 0 aliphatic rings. The van der Waals surface area contributed by atoms with Gasteiger partial charge in [0, 0.05) is 20.0 Å². The van der Waals surface area contributed by atoms with Crippen LogP contribution in [0.3, 0.4) is 0 Å². The van der Waals surface area contributed by atoms with Crippen LogP contribution in [0.15, 0.2) is 0 Å². The highest BCUT2D eigenvalue weighted by Gasteiger charge is 1.99. The number of methoxy groups -OCH3 is 1. The normalized spacial score (nSPS) is 9.08. The number of carbonyl (C=O) groups excluding carboxylic acids is 1. The van der Waals surface area contributed by atoms with Gasteiger partial charge in [0.1, 0.15) is 6.61 Å². The Kier molecular flexibility index (Phi) is 8.64. The van der Waals surface area contributed by atoms with Crippen LogP contribution in [-0.4, -0.2) is 32.7 Å². The van der Waals surface area contributed by atoms with Gasteiger partial charge in [0.25, 0.3) is 0 Å². The molecular formula is C10H16O3. The van der Waals surface area contributed by atoms with Gasteiger partial charge < -0.3 is 9.47 Å². The largest absolute Gasteiger partial charge is 0.382 e. The van der Waals surface area contributed by atoms with Crippen LogP contribution >= 0.6 is 0 Å². The van der Waals surface area contributed by atoms with Crippen LogP contribution in [0, 0.1) is 11.8 Å². The van der Waals surface area contributed by atoms with Crippen molar-refractivity contribution < 1.29 is 14.3 Å². The standard InChI is InChI=1S/C10H16O3/c1-3-4-5-6-10(11)9-13-8-7-12-2/h5-9H2,1-2H3. The van der Waals surface area contributed by atoms with Crippen molar-refractivity contribution in [2.75, 3.05) is 26.9 Å². The molecule has 0 radical (unpaired) electrons. The van der Waals surface area contributed by atoms with Crippen LogP contribution in [0.5, 0.6) is 0 Å². The molecule has 3 nitrogen and oxygen atoms in total. The van der Waals surface area contributed by atoms with Gasteiger partial charge in [-0.25, -0.2) is 0 Å². The Morgan fingerprint density at radius 2 is 2.15 bits per heavy atom. The van der Waals surface area contributed by atoms with Crippen molar-refractivity contribution in [3.8, 4) is 11.8 Å². The average molecular weight is 184 g/mol. The van der Waals surface area contributed by atoms with Gasteiger partial charge in [-0.05, 0) is 6.92 Å². The van der Waals surface area contributed by atoms with Crippen LogP contribution in [0.1, 0.15) is 19.8 Å². The number of ketones is 1. The number of ether oxygens (including phenoxy) is 2. The highest BCUT2D eigenvalue weighted by Crippen LogP contribution is 1.90. The van der Waals surface area contributed by atoms with Crippen molar-refractivity contribution in [2.45, 2.75) is 19.8 Å². The predicted molar refractivity (Wildman–Crippen MR) is 50.4 cm³/mol. The molecule has 0 amide bonds. The second-order valence-corrected chi connectivity index (χ2v) is 2.51. The molecule has 0 saturated carbocycles. The van der Waals surface area contributed by atoms with E-state index >= 15 is 0 Å². The van der Waals surface area contributed by atoms with Crippen LogP contribution in [0.2, 0.25) is 0 Å². The molecule has 0 aliphatic carbocycles. The van der Waals surface area contributed by atoms with E-state index in [0.29, 0.717) is 26.1 Å². The Labute approximate surface area is 79.4 Å². The van der Waals surface area contributed by atoms with Crippen LogP contribution in [0.25, 0.3) is 0 Å². The zero-order chi connectivity index (χ0) is 9.94. The molecular weight excluding hydrogens is 168 g/mol. The summed E-state index contributed by atoms with van der Waals surface area (Å²) < 4.78 is 9.81. The monoisotopic (exact) mass is 184 g/mol. The first-order valence-electron chi connectivity index (χ1n) is 4.29. The van der Waals surface area contributed by atoms with Gasteiger partial charge in [0.2, 0.25) is 0 Å². The highest BCUT2D eigenvalue weighted by atomic mass is 16.5.